The molecule has 1 unspecified atom stereocenters. The van der Waals surface area contributed by atoms with Crippen molar-refractivity contribution in [2.75, 3.05) is 6.61 Å². The number of nitrogens with zero attached hydrogens (tertiary/aromatic N) is 2. The van der Waals surface area contributed by atoms with Crippen LogP contribution in [0.1, 0.15) is 23.7 Å². The quantitative estimate of drug-likeness (QED) is 0.613. The molecule has 102 valence electrons. The number of nitrogens with two attached hydrogens (primary N) is 1. The number of hydrogen-bond acceptors (Lipinski definition) is 4. The fourth-order valence-electron chi connectivity index (χ4n) is 1.94. The molecule has 2 aromatic rings. The Morgan fingerprint density at radius 1 is 1.42 bits per heavy atom. The highest BCUT2D eigenvalue weighted by Crippen LogP contribution is 2.16. The molecule has 1 heterocycles. The lowest BCUT2D eigenvalue weighted by molar-refractivity contribution is 0.285. The summed E-state index contributed by atoms with van der Waals surface area (Å²) in [6.07, 6.45) is 2.67. The predicted octanol–water partition coefficient (Wildman–Crippen LogP) is 1.70. The molecule has 0 radical (unpaired) electrons. The minimum atomic E-state index is 0.00556. The Bertz CT molecular complexity index is 524. The van der Waals surface area contributed by atoms with E-state index in [0.717, 1.165) is 17.9 Å². The van der Waals surface area contributed by atoms with Gasteiger partial charge in [0.1, 0.15) is 5.75 Å². The van der Waals surface area contributed by atoms with Crippen LogP contribution in [0.3, 0.4) is 0 Å². The predicted molar refractivity (Wildman–Crippen MR) is 74.6 cm³/mol. The normalized spacial score (nSPS) is 12.4. The summed E-state index contributed by atoms with van der Waals surface area (Å²) in [5.41, 5.74) is 4.89. The third-order valence-electron chi connectivity index (χ3n) is 2.96. The summed E-state index contributed by atoms with van der Waals surface area (Å²) >= 11 is 0. The van der Waals surface area contributed by atoms with Gasteiger partial charge in [-0.2, -0.15) is 5.10 Å². The van der Waals surface area contributed by atoms with Gasteiger partial charge in [0.15, 0.2) is 0 Å². The van der Waals surface area contributed by atoms with E-state index < -0.39 is 0 Å². The molecule has 0 bridgehead atoms. The Morgan fingerprint density at radius 2 is 2.26 bits per heavy atom. The van der Waals surface area contributed by atoms with Crippen LogP contribution in [0.5, 0.6) is 5.75 Å². The molecule has 0 spiro atoms. The summed E-state index contributed by atoms with van der Waals surface area (Å²) in [4.78, 5) is 0. The summed E-state index contributed by atoms with van der Waals surface area (Å²) < 4.78 is 7.48. The SMILES string of the molecule is Cc1cccc(OCCC(NN)c2ccn(C)n2)c1. The highest BCUT2D eigenvalue weighted by atomic mass is 16.5. The Hall–Kier alpha value is -1.85. The average Bonchev–Trinajstić information content (AvgIpc) is 2.81. The largest absolute Gasteiger partial charge is 0.494 e. The maximum Gasteiger partial charge on any atom is 0.119 e. The summed E-state index contributed by atoms with van der Waals surface area (Å²) in [6.45, 7) is 2.64. The molecule has 0 aliphatic heterocycles. The lowest BCUT2D eigenvalue weighted by Crippen LogP contribution is -2.29. The van der Waals surface area contributed by atoms with E-state index in [0.29, 0.717) is 6.61 Å². The minimum Gasteiger partial charge on any atom is -0.494 e. The molecule has 5 nitrogen and oxygen atoms in total. The number of nitrogens with one attached hydrogen (secondary N) is 1. The van der Waals surface area contributed by atoms with E-state index >= 15 is 0 Å². The van der Waals surface area contributed by atoms with Gasteiger partial charge in [-0.1, -0.05) is 12.1 Å². The number of aryl methyl sites for hydroxylation is 2. The number of rotatable bonds is 6. The van der Waals surface area contributed by atoms with Crippen molar-refractivity contribution in [2.24, 2.45) is 12.9 Å². The van der Waals surface area contributed by atoms with Crippen molar-refractivity contribution in [1.82, 2.24) is 15.2 Å². The van der Waals surface area contributed by atoms with E-state index in [1.807, 2.05) is 50.5 Å². The van der Waals surface area contributed by atoms with Crippen LogP contribution in [0.15, 0.2) is 36.5 Å². The van der Waals surface area contributed by atoms with Crippen molar-refractivity contribution in [3.8, 4) is 5.75 Å². The van der Waals surface area contributed by atoms with E-state index in [1.165, 1.54) is 5.56 Å². The third-order valence-corrected chi connectivity index (χ3v) is 2.96. The summed E-state index contributed by atoms with van der Waals surface area (Å²) in [5.74, 6) is 6.45. The number of hydrazine groups is 1. The second-order valence-corrected chi connectivity index (χ2v) is 4.59. The first-order valence-corrected chi connectivity index (χ1v) is 6.34. The number of benzene rings is 1. The topological polar surface area (TPSA) is 65.1 Å². The van der Waals surface area contributed by atoms with Crippen molar-refractivity contribution in [3.63, 3.8) is 0 Å². The first kappa shape index (κ1) is 13.6. The second-order valence-electron chi connectivity index (χ2n) is 4.59. The van der Waals surface area contributed by atoms with Crippen LogP contribution in [0, 0.1) is 6.92 Å². The van der Waals surface area contributed by atoms with Crippen LogP contribution in [-0.4, -0.2) is 16.4 Å². The minimum absolute atomic E-state index is 0.00556. The highest BCUT2D eigenvalue weighted by molar-refractivity contribution is 5.27. The molecule has 0 aliphatic carbocycles. The molecule has 1 aromatic carbocycles. The van der Waals surface area contributed by atoms with Gasteiger partial charge < -0.3 is 4.74 Å². The summed E-state index contributed by atoms with van der Waals surface area (Å²) in [7, 11) is 1.89. The molecular formula is C14H20N4O. The maximum atomic E-state index is 5.72. The third kappa shape index (κ3) is 3.81. The Balaban J connectivity index is 1.87. The first-order chi connectivity index (χ1) is 9.19. The van der Waals surface area contributed by atoms with Crippen LogP contribution >= 0.6 is 0 Å². The number of ether oxygens (including phenoxy) is 1. The van der Waals surface area contributed by atoms with Crippen molar-refractivity contribution in [2.45, 2.75) is 19.4 Å². The molecule has 5 heteroatoms. The molecule has 0 fully saturated rings. The van der Waals surface area contributed by atoms with Gasteiger partial charge in [0.05, 0.1) is 18.3 Å². The van der Waals surface area contributed by atoms with Gasteiger partial charge in [-0.15, -0.1) is 0 Å². The van der Waals surface area contributed by atoms with Gasteiger partial charge in [-0.05, 0) is 30.7 Å². The zero-order valence-corrected chi connectivity index (χ0v) is 11.3. The fraction of sp³-hybridized carbons (Fsp3) is 0.357. The molecule has 0 amide bonds. The van der Waals surface area contributed by atoms with Gasteiger partial charge in [0, 0.05) is 19.7 Å². The smallest absolute Gasteiger partial charge is 0.119 e. The molecule has 0 saturated carbocycles. The van der Waals surface area contributed by atoms with Crippen LogP contribution in [-0.2, 0) is 7.05 Å². The van der Waals surface area contributed by atoms with E-state index in [4.69, 9.17) is 10.6 Å². The zero-order chi connectivity index (χ0) is 13.7. The molecule has 3 N–H and O–H groups in total. The van der Waals surface area contributed by atoms with E-state index in [1.54, 1.807) is 4.68 Å². The molecule has 2 rings (SSSR count). The van der Waals surface area contributed by atoms with Gasteiger partial charge in [0.2, 0.25) is 0 Å². The first-order valence-electron chi connectivity index (χ1n) is 6.34. The van der Waals surface area contributed by atoms with Gasteiger partial charge in [-0.25, -0.2) is 0 Å². The molecule has 19 heavy (non-hydrogen) atoms. The standard InChI is InChI=1S/C14H20N4O/c1-11-4-3-5-12(10-11)19-9-7-13(16-15)14-6-8-18(2)17-14/h3-6,8,10,13,16H,7,9,15H2,1-2H3. The number of hydrogen-bond donors (Lipinski definition) is 2. The monoisotopic (exact) mass is 260 g/mol. The van der Waals surface area contributed by atoms with Gasteiger partial charge in [0.25, 0.3) is 0 Å². The van der Waals surface area contributed by atoms with Crippen LogP contribution in [0.4, 0.5) is 0 Å². The highest BCUT2D eigenvalue weighted by Gasteiger charge is 2.12. The van der Waals surface area contributed by atoms with Crippen molar-refractivity contribution < 1.29 is 4.74 Å². The van der Waals surface area contributed by atoms with Crippen LogP contribution in [0.25, 0.3) is 0 Å². The molecule has 1 atom stereocenters. The molecule has 0 aliphatic rings. The van der Waals surface area contributed by atoms with Crippen molar-refractivity contribution >= 4 is 0 Å². The van der Waals surface area contributed by atoms with E-state index in [2.05, 4.69) is 10.5 Å². The lowest BCUT2D eigenvalue weighted by Gasteiger charge is -2.14. The Labute approximate surface area is 113 Å². The maximum absolute atomic E-state index is 5.72. The molecule has 0 saturated heterocycles. The van der Waals surface area contributed by atoms with E-state index in [-0.39, 0.29) is 6.04 Å². The summed E-state index contributed by atoms with van der Waals surface area (Å²) in [6, 6.07) is 9.97. The lowest BCUT2D eigenvalue weighted by atomic mass is 10.1. The van der Waals surface area contributed by atoms with Crippen LogP contribution < -0.4 is 16.0 Å². The van der Waals surface area contributed by atoms with Crippen molar-refractivity contribution in [1.29, 1.82) is 0 Å². The zero-order valence-electron chi connectivity index (χ0n) is 11.3. The Kier molecular flexibility index (Phi) is 4.54. The second kappa shape index (κ2) is 6.36. The fourth-order valence-corrected chi connectivity index (χ4v) is 1.94. The molecular weight excluding hydrogens is 240 g/mol. The number of aromatic nitrogens is 2. The molecule has 1 aromatic heterocycles. The van der Waals surface area contributed by atoms with Gasteiger partial charge >= 0.3 is 0 Å². The summed E-state index contributed by atoms with van der Waals surface area (Å²) in [5, 5.41) is 4.34. The van der Waals surface area contributed by atoms with Crippen LogP contribution in [0.2, 0.25) is 0 Å². The Morgan fingerprint density at radius 3 is 2.89 bits per heavy atom. The van der Waals surface area contributed by atoms with Gasteiger partial charge in [-0.3, -0.25) is 16.0 Å². The average molecular weight is 260 g/mol. The van der Waals surface area contributed by atoms with Crippen molar-refractivity contribution in [3.05, 3.63) is 47.8 Å². The van der Waals surface area contributed by atoms with E-state index in [9.17, 15) is 0 Å².